The third-order valence-electron chi connectivity index (χ3n) is 5.13. The van der Waals surface area contributed by atoms with Gasteiger partial charge in [-0.05, 0) is 72.1 Å². The van der Waals surface area contributed by atoms with E-state index in [-0.39, 0.29) is 12.6 Å². The number of ether oxygens (including phenoxy) is 1. The van der Waals surface area contributed by atoms with Gasteiger partial charge < -0.3 is 10.1 Å². The van der Waals surface area contributed by atoms with Crippen LogP contribution in [0, 0.1) is 20.8 Å². The minimum atomic E-state index is -0.273. The van der Waals surface area contributed by atoms with Gasteiger partial charge in [-0.3, -0.25) is 9.48 Å². The van der Waals surface area contributed by atoms with Gasteiger partial charge in [-0.2, -0.15) is 10.2 Å². The van der Waals surface area contributed by atoms with Crippen LogP contribution in [-0.2, 0) is 13.3 Å². The van der Waals surface area contributed by atoms with E-state index in [9.17, 15) is 4.79 Å². The molecule has 0 aliphatic heterocycles. The van der Waals surface area contributed by atoms with Gasteiger partial charge in [-0.25, -0.2) is 4.68 Å². The number of rotatable bonds is 7. The van der Waals surface area contributed by atoms with Crippen molar-refractivity contribution in [3.8, 4) is 5.75 Å². The fourth-order valence-electron chi connectivity index (χ4n) is 3.35. The van der Waals surface area contributed by atoms with Crippen LogP contribution in [0.1, 0.15) is 33.0 Å². The van der Waals surface area contributed by atoms with E-state index in [0.29, 0.717) is 17.9 Å². The number of halogens is 1. The van der Waals surface area contributed by atoms with Crippen LogP contribution in [0.3, 0.4) is 0 Å². The smallest absolute Gasteiger partial charge is 0.276 e. The summed E-state index contributed by atoms with van der Waals surface area (Å²) in [7, 11) is 0. The lowest BCUT2D eigenvalue weighted by atomic mass is 10.2. The number of amides is 1. The number of benzene rings is 2. The summed E-state index contributed by atoms with van der Waals surface area (Å²) >= 11 is 3.56. The number of anilines is 1. The van der Waals surface area contributed by atoms with Crippen molar-refractivity contribution >= 4 is 27.5 Å². The molecule has 0 saturated heterocycles. The SMILES string of the molecule is Cc1ccccc1OCn1ccc(C(=O)Nc2cccc(Cn3nc(C)c(Br)c3C)c2)n1. The largest absolute Gasteiger partial charge is 0.471 e. The average Bonchev–Trinajstić information content (AvgIpc) is 3.35. The maximum Gasteiger partial charge on any atom is 0.276 e. The highest BCUT2D eigenvalue weighted by atomic mass is 79.9. The minimum Gasteiger partial charge on any atom is -0.471 e. The molecule has 2 aromatic carbocycles. The Morgan fingerprint density at radius 3 is 2.62 bits per heavy atom. The van der Waals surface area contributed by atoms with Gasteiger partial charge in [0.15, 0.2) is 12.4 Å². The van der Waals surface area contributed by atoms with E-state index in [1.165, 1.54) is 0 Å². The van der Waals surface area contributed by atoms with Crippen molar-refractivity contribution in [3.05, 3.63) is 93.5 Å². The normalized spacial score (nSPS) is 10.9. The molecule has 1 amide bonds. The molecular weight excluding hydrogens is 470 g/mol. The molecule has 0 atom stereocenters. The highest BCUT2D eigenvalue weighted by Gasteiger charge is 2.12. The van der Waals surface area contributed by atoms with Gasteiger partial charge in [-0.1, -0.05) is 30.3 Å². The van der Waals surface area contributed by atoms with Gasteiger partial charge in [-0.15, -0.1) is 0 Å². The third kappa shape index (κ3) is 4.91. The summed E-state index contributed by atoms with van der Waals surface area (Å²) in [4.78, 5) is 12.7. The van der Waals surface area contributed by atoms with Crippen LogP contribution in [0.15, 0.2) is 65.3 Å². The van der Waals surface area contributed by atoms with Crippen molar-refractivity contribution < 1.29 is 9.53 Å². The monoisotopic (exact) mass is 493 g/mol. The second kappa shape index (κ2) is 9.40. The second-order valence-corrected chi connectivity index (χ2v) is 8.37. The summed E-state index contributed by atoms with van der Waals surface area (Å²) in [5.74, 6) is 0.520. The van der Waals surface area contributed by atoms with Gasteiger partial charge in [0, 0.05) is 11.9 Å². The molecule has 0 radical (unpaired) electrons. The van der Waals surface area contributed by atoms with E-state index in [4.69, 9.17) is 4.74 Å². The number of hydrogen-bond acceptors (Lipinski definition) is 4. The molecular formula is C24H24BrN5O2. The van der Waals surface area contributed by atoms with Crippen LogP contribution in [0.5, 0.6) is 5.75 Å². The molecule has 2 aromatic heterocycles. The minimum absolute atomic E-state index is 0.228. The van der Waals surface area contributed by atoms with Crippen LogP contribution < -0.4 is 10.1 Å². The Bertz CT molecular complexity index is 1260. The molecule has 2 heterocycles. The molecule has 0 spiro atoms. The molecule has 4 rings (SSSR count). The topological polar surface area (TPSA) is 74.0 Å². The van der Waals surface area contributed by atoms with Gasteiger partial charge >= 0.3 is 0 Å². The van der Waals surface area contributed by atoms with Gasteiger partial charge in [0.05, 0.1) is 22.4 Å². The summed E-state index contributed by atoms with van der Waals surface area (Å²) in [5.41, 5.74) is 5.14. The summed E-state index contributed by atoms with van der Waals surface area (Å²) in [6, 6.07) is 17.2. The first-order valence-electron chi connectivity index (χ1n) is 10.2. The fraction of sp³-hybridized carbons (Fsp3) is 0.208. The summed E-state index contributed by atoms with van der Waals surface area (Å²) < 4.78 is 10.3. The Morgan fingerprint density at radius 1 is 1.06 bits per heavy atom. The summed E-state index contributed by atoms with van der Waals surface area (Å²) in [5, 5.41) is 11.8. The van der Waals surface area contributed by atoms with Crippen molar-refractivity contribution in [2.45, 2.75) is 34.0 Å². The molecule has 4 aromatic rings. The zero-order valence-corrected chi connectivity index (χ0v) is 19.8. The highest BCUT2D eigenvalue weighted by molar-refractivity contribution is 9.10. The lowest BCUT2D eigenvalue weighted by molar-refractivity contribution is 0.102. The molecule has 0 fully saturated rings. The molecule has 0 unspecified atom stereocenters. The fourth-order valence-corrected chi connectivity index (χ4v) is 3.64. The predicted octanol–water partition coefficient (Wildman–Crippen LogP) is 5.10. The predicted molar refractivity (Wildman–Crippen MR) is 127 cm³/mol. The molecule has 0 aliphatic carbocycles. The van der Waals surface area contributed by atoms with E-state index in [2.05, 4.69) is 31.4 Å². The summed E-state index contributed by atoms with van der Waals surface area (Å²) in [6.07, 6.45) is 1.73. The lowest BCUT2D eigenvalue weighted by Crippen LogP contribution is -2.14. The average molecular weight is 494 g/mol. The lowest BCUT2D eigenvalue weighted by Gasteiger charge is -2.09. The van der Waals surface area contributed by atoms with Gasteiger partial charge in [0.1, 0.15) is 5.75 Å². The molecule has 164 valence electrons. The van der Waals surface area contributed by atoms with E-state index < -0.39 is 0 Å². The van der Waals surface area contributed by atoms with Crippen molar-refractivity contribution in [2.75, 3.05) is 5.32 Å². The zero-order valence-electron chi connectivity index (χ0n) is 18.2. The quantitative estimate of drug-likeness (QED) is 0.388. The Labute approximate surface area is 195 Å². The number of nitrogens with zero attached hydrogens (tertiary/aromatic N) is 4. The first-order valence-corrected chi connectivity index (χ1v) is 11.0. The Kier molecular flexibility index (Phi) is 6.41. The maximum atomic E-state index is 12.7. The number of carbonyl (C=O) groups excluding carboxylic acids is 1. The van der Waals surface area contributed by atoms with Crippen LogP contribution in [0.2, 0.25) is 0 Å². The first kappa shape index (κ1) is 21.8. The van der Waals surface area contributed by atoms with Crippen LogP contribution in [0.25, 0.3) is 0 Å². The van der Waals surface area contributed by atoms with E-state index in [0.717, 1.165) is 32.7 Å². The van der Waals surface area contributed by atoms with Crippen LogP contribution >= 0.6 is 15.9 Å². The van der Waals surface area contributed by atoms with Gasteiger partial charge in [0.25, 0.3) is 5.91 Å². The van der Waals surface area contributed by atoms with Crippen molar-refractivity contribution in [1.29, 1.82) is 0 Å². The van der Waals surface area contributed by atoms with Crippen molar-refractivity contribution in [3.63, 3.8) is 0 Å². The molecule has 32 heavy (non-hydrogen) atoms. The van der Waals surface area contributed by atoms with Crippen molar-refractivity contribution in [2.24, 2.45) is 0 Å². The maximum absolute atomic E-state index is 12.7. The summed E-state index contributed by atoms with van der Waals surface area (Å²) in [6.45, 7) is 6.82. The van der Waals surface area contributed by atoms with E-state index >= 15 is 0 Å². The Balaban J connectivity index is 1.39. The van der Waals surface area contributed by atoms with E-state index in [1.807, 2.05) is 74.0 Å². The number of aryl methyl sites for hydroxylation is 2. The zero-order chi connectivity index (χ0) is 22.7. The number of para-hydroxylation sites is 1. The third-order valence-corrected chi connectivity index (χ3v) is 6.28. The van der Waals surface area contributed by atoms with Gasteiger partial charge in [0.2, 0.25) is 0 Å². The Morgan fingerprint density at radius 2 is 1.88 bits per heavy atom. The van der Waals surface area contributed by atoms with Crippen LogP contribution in [0.4, 0.5) is 5.69 Å². The van der Waals surface area contributed by atoms with Crippen LogP contribution in [-0.4, -0.2) is 25.5 Å². The second-order valence-electron chi connectivity index (χ2n) is 7.58. The number of carbonyl (C=O) groups is 1. The standard InChI is InChI=1S/C24H24BrN5O2/c1-16-7-4-5-10-22(16)32-15-29-12-11-21(28-29)24(31)26-20-9-6-8-19(13-20)14-30-18(3)23(25)17(2)27-30/h4-13H,14-15H2,1-3H3,(H,26,31). The first-order chi connectivity index (χ1) is 15.4. The molecule has 8 heteroatoms. The molecule has 0 aliphatic rings. The molecule has 7 nitrogen and oxygen atoms in total. The number of nitrogens with one attached hydrogen (secondary N) is 1. The van der Waals surface area contributed by atoms with Crippen molar-refractivity contribution in [1.82, 2.24) is 19.6 Å². The molecule has 0 saturated carbocycles. The Hall–Kier alpha value is -3.39. The number of hydrogen-bond donors (Lipinski definition) is 1. The number of aromatic nitrogens is 4. The van der Waals surface area contributed by atoms with E-state index in [1.54, 1.807) is 16.9 Å². The molecule has 0 bridgehead atoms. The highest BCUT2D eigenvalue weighted by Crippen LogP contribution is 2.21. The molecule has 1 N–H and O–H groups in total.